The van der Waals surface area contributed by atoms with Crippen molar-refractivity contribution in [1.82, 2.24) is 15.2 Å². The summed E-state index contributed by atoms with van der Waals surface area (Å²) in [5, 5.41) is 3.03. The molecule has 1 N–H and O–H groups in total. The maximum absolute atomic E-state index is 12.2. The number of ether oxygens (including phenoxy) is 1. The van der Waals surface area contributed by atoms with Crippen LogP contribution >= 0.6 is 0 Å². The van der Waals surface area contributed by atoms with Crippen molar-refractivity contribution < 1.29 is 9.53 Å². The second kappa shape index (κ2) is 8.62. The zero-order valence-electron chi connectivity index (χ0n) is 12.8. The molecule has 0 aromatic carbocycles. The van der Waals surface area contributed by atoms with Crippen molar-refractivity contribution in [3.63, 3.8) is 0 Å². The van der Waals surface area contributed by atoms with Crippen LogP contribution in [0.25, 0.3) is 0 Å². The fourth-order valence-corrected chi connectivity index (χ4v) is 2.69. The summed E-state index contributed by atoms with van der Waals surface area (Å²) in [6.07, 6.45) is 7.55. The number of likely N-dealkylation sites (tertiary alicyclic amines) is 1. The second-order valence-electron chi connectivity index (χ2n) is 5.32. The summed E-state index contributed by atoms with van der Waals surface area (Å²) < 4.78 is 5.55. The summed E-state index contributed by atoms with van der Waals surface area (Å²) in [4.78, 5) is 18.5. The number of amides is 1. The average Bonchev–Trinajstić information content (AvgIpc) is 2.55. The highest BCUT2D eigenvalue weighted by atomic mass is 16.5. The van der Waals surface area contributed by atoms with Crippen molar-refractivity contribution in [2.24, 2.45) is 0 Å². The number of nitrogens with one attached hydrogen (secondary N) is 1. The number of likely N-dealkylation sites (N-methyl/N-ethyl adjacent to an activating group) is 1. The maximum atomic E-state index is 12.2. The molecule has 1 aromatic heterocycles. The molecule has 5 nitrogen and oxygen atoms in total. The molecule has 0 aliphatic carbocycles. The molecule has 0 spiro atoms. The summed E-state index contributed by atoms with van der Waals surface area (Å²) >= 11 is 0. The zero-order chi connectivity index (χ0) is 14.9. The van der Waals surface area contributed by atoms with Crippen LogP contribution in [-0.4, -0.2) is 48.1 Å². The largest absolute Gasteiger partial charge is 0.492 e. The van der Waals surface area contributed by atoms with Gasteiger partial charge in [0.15, 0.2) is 0 Å². The highest BCUT2D eigenvalue weighted by Crippen LogP contribution is 2.16. The average molecular weight is 291 g/mol. The molecule has 2 rings (SSSR count). The van der Waals surface area contributed by atoms with Gasteiger partial charge in [0.05, 0.1) is 18.8 Å². The van der Waals surface area contributed by atoms with Gasteiger partial charge in [-0.2, -0.15) is 0 Å². The predicted molar refractivity (Wildman–Crippen MR) is 82.2 cm³/mol. The number of carbonyl (C=O) groups excluding carboxylic acids is 1. The molecule has 1 saturated heterocycles. The van der Waals surface area contributed by atoms with Gasteiger partial charge in [-0.3, -0.25) is 14.7 Å². The molecular formula is C16H25N3O2. The summed E-state index contributed by atoms with van der Waals surface area (Å²) in [6.45, 7) is 5.36. The van der Waals surface area contributed by atoms with Crippen LogP contribution in [0.4, 0.5) is 0 Å². The van der Waals surface area contributed by atoms with Gasteiger partial charge < -0.3 is 10.1 Å². The lowest BCUT2D eigenvalue weighted by Gasteiger charge is -2.33. The first-order chi connectivity index (χ1) is 10.3. The van der Waals surface area contributed by atoms with Gasteiger partial charge in [-0.25, -0.2) is 0 Å². The van der Waals surface area contributed by atoms with Gasteiger partial charge >= 0.3 is 0 Å². The first kappa shape index (κ1) is 15.8. The Hall–Kier alpha value is -1.62. The van der Waals surface area contributed by atoms with Gasteiger partial charge in [0.2, 0.25) is 5.91 Å². The summed E-state index contributed by atoms with van der Waals surface area (Å²) in [7, 11) is 0. The molecule has 1 atom stereocenters. The summed E-state index contributed by atoms with van der Waals surface area (Å²) in [6, 6.07) is 3.79. The third-order valence-electron chi connectivity index (χ3n) is 3.85. The number of rotatable bonds is 7. The molecule has 1 fully saturated rings. The SMILES string of the molecule is CCN1CCCCC1C(=O)NCCCOc1cccnc1. The molecule has 2 heterocycles. The molecule has 1 aliphatic heterocycles. The Bertz CT molecular complexity index is 425. The van der Waals surface area contributed by atoms with E-state index in [9.17, 15) is 4.79 Å². The molecule has 0 radical (unpaired) electrons. The predicted octanol–water partition coefficient (Wildman–Crippen LogP) is 1.84. The highest BCUT2D eigenvalue weighted by Gasteiger charge is 2.26. The summed E-state index contributed by atoms with van der Waals surface area (Å²) in [5.41, 5.74) is 0. The first-order valence-corrected chi connectivity index (χ1v) is 7.86. The topological polar surface area (TPSA) is 54.5 Å². The van der Waals surface area contributed by atoms with Crippen LogP contribution in [0.3, 0.4) is 0 Å². The number of hydrogen-bond donors (Lipinski definition) is 1. The number of nitrogens with zero attached hydrogens (tertiary/aromatic N) is 2. The maximum Gasteiger partial charge on any atom is 0.237 e. The minimum atomic E-state index is 0.0583. The lowest BCUT2D eigenvalue weighted by atomic mass is 10.0. The molecule has 21 heavy (non-hydrogen) atoms. The van der Waals surface area contributed by atoms with Crippen molar-refractivity contribution in [2.45, 2.75) is 38.6 Å². The number of piperidine rings is 1. The van der Waals surface area contributed by atoms with Crippen molar-refractivity contribution in [1.29, 1.82) is 0 Å². The Morgan fingerprint density at radius 1 is 1.52 bits per heavy atom. The van der Waals surface area contributed by atoms with E-state index in [-0.39, 0.29) is 11.9 Å². The lowest BCUT2D eigenvalue weighted by molar-refractivity contribution is -0.127. The van der Waals surface area contributed by atoms with E-state index in [0.717, 1.165) is 38.1 Å². The molecule has 116 valence electrons. The smallest absolute Gasteiger partial charge is 0.237 e. The highest BCUT2D eigenvalue weighted by molar-refractivity contribution is 5.81. The molecular weight excluding hydrogens is 266 g/mol. The Morgan fingerprint density at radius 3 is 3.19 bits per heavy atom. The van der Waals surface area contributed by atoms with Crippen LogP contribution < -0.4 is 10.1 Å². The molecule has 0 bridgehead atoms. The van der Waals surface area contributed by atoms with Crippen LogP contribution in [0.5, 0.6) is 5.75 Å². The van der Waals surface area contributed by atoms with Gasteiger partial charge in [0, 0.05) is 12.7 Å². The van der Waals surface area contributed by atoms with Gasteiger partial charge in [-0.05, 0) is 44.5 Å². The van der Waals surface area contributed by atoms with E-state index < -0.39 is 0 Å². The Kier molecular flexibility index (Phi) is 6.47. The number of pyridine rings is 1. The third kappa shape index (κ3) is 5.01. The third-order valence-corrected chi connectivity index (χ3v) is 3.85. The van der Waals surface area contributed by atoms with E-state index in [2.05, 4.69) is 22.1 Å². The fraction of sp³-hybridized carbons (Fsp3) is 0.625. The summed E-state index contributed by atoms with van der Waals surface area (Å²) in [5.74, 6) is 0.936. The normalized spacial score (nSPS) is 19.2. The Balaban J connectivity index is 1.62. The van der Waals surface area contributed by atoms with Gasteiger partial charge in [0.1, 0.15) is 5.75 Å². The quantitative estimate of drug-likeness (QED) is 0.779. The van der Waals surface area contributed by atoms with Crippen molar-refractivity contribution >= 4 is 5.91 Å². The van der Waals surface area contributed by atoms with Crippen molar-refractivity contribution in [2.75, 3.05) is 26.2 Å². The molecule has 1 unspecified atom stereocenters. The van der Waals surface area contributed by atoms with E-state index in [1.54, 1.807) is 12.4 Å². The van der Waals surface area contributed by atoms with Crippen LogP contribution in [0.1, 0.15) is 32.6 Å². The van der Waals surface area contributed by atoms with Gasteiger partial charge in [-0.1, -0.05) is 13.3 Å². The van der Waals surface area contributed by atoms with Gasteiger partial charge in [0.25, 0.3) is 0 Å². The van der Waals surface area contributed by atoms with Gasteiger partial charge in [-0.15, -0.1) is 0 Å². The minimum absolute atomic E-state index is 0.0583. The van der Waals surface area contributed by atoms with Crippen LogP contribution in [0, 0.1) is 0 Å². The van der Waals surface area contributed by atoms with Crippen LogP contribution in [0.2, 0.25) is 0 Å². The molecule has 5 heteroatoms. The molecule has 0 saturated carbocycles. The lowest BCUT2D eigenvalue weighted by Crippen LogP contribution is -2.49. The first-order valence-electron chi connectivity index (χ1n) is 7.86. The number of hydrogen-bond acceptors (Lipinski definition) is 4. The minimum Gasteiger partial charge on any atom is -0.492 e. The fourth-order valence-electron chi connectivity index (χ4n) is 2.69. The van der Waals surface area contributed by atoms with E-state index in [1.807, 2.05) is 12.1 Å². The second-order valence-corrected chi connectivity index (χ2v) is 5.32. The Labute approximate surface area is 126 Å². The number of aromatic nitrogens is 1. The van der Waals surface area contributed by atoms with E-state index >= 15 is 0 Å². The Morgan fingerprint density at radius 2 is 2.43 bits per heavy atom. The molecule has 1 aliphatic rings. The molecule has 1 aromatic rings. The monoisotopic (exact) mass is 291 g/mol. The van der Waals surface area contributed by atoms with E-state index in [0.29, 0.717) is 13.2 Å². The van der Waals surface area contributed by atoms with Crippen molar-refractivity contribution in [3.8, 4) is 5.75 Å². The zero-order valence-corrected chi connectivity index (χ0v) is 12.8. The van der Waals surface area contributed by atoms with E-state index in [1.165, 1.54) is 6.42 Å². The van der Waals surface area contributed by atoms with Crippen LogP contribution in [0.15, 0.2) is 24.5 Å². The van der Waals surface area contributed by atoms with Crippen molar-refractivity contribution in [3.05, 3.63) is 24.5 Å². The number of carbonyl (C=O) groups is 1. The molecule has 1 amide bonds. The van der Waals surface area contributed by atoms with E-state index in [4.69, 9.17) is 4.74 Å². The standard InChI is InChI=1S/C16H25N3O2/c1-2-19-11-4-3-8-15(19)16(20)18-10-6-12-21-14-7-5-9-17-13-14/h5,7,9,13,15H,2-4,6,8,10-12H2,1H3,(H,18,20). The van der Waals surface area contributed by atoms with Crippen LogP contribution in [-0.2, 0) is 4.79 Å².